The molecule has 0 aliphatic carbocycles. The molecule has 0 radical (unpaired) electrons. The number of nitrogens with zero attached hydrogens (tertiary/aromatic N) is 1. The fourth-order valence-corrected chi connectivity index (χ4v) is 5.17. The maximum atomic E-state index is 13.1. The van der Waals surface area contributed by atoms with E-state index in [1.165, 1.54) is 13.2 Å². The van der Waals surface area contributed by atoms with Crippen molar-refractivity contribution >= 4 is 50.3 Å². The lowest BCUT2D eigenvalue weighted by atomic mass is 10.1. The lowest BCUT2D eigenvalue weighted by molar-refractivity contribution is 0.102. The van der Waals surface area contributed by atoms with Gasteiger partial charge in [0, 0.05) is 11.6 Å². The summed E-state index contributed by atoms with van der Waals surface area (Å²) in [7, 11) is -2.34. The average Bonchev–Trinajstić information content (AvgIpc) is 2.78. The summed E-state index contributed by atoms with van der Waals surface area (Å²) in [6.45, 7) is 0.0210. The third-order valence-corrected chi connectivity index (χ3v) is 7.22. The standard InChI is InChI=1S/C22H20N4O4S2/c1-30-16-10-11-20-19(12-16)25-22(31)26(32(20,28)29)13-14-6-8-15(9-7-14)21(27)24-18-5-3-2-4-17(18)23/h2-12H,13,23H2,1H3,(H,24,27)(H,25,31). The number of rotatable bonds is 5. The van der Waals surface area contributed by atoms with Gasteiger partial charge in [-0.2, -0.15) is 0 Å². The summed E-state index contributed by atoms with van der Waals surface area (Å²) < 4.78 is 32.5. The number of benzene rings is 3. The van der Waals surface area contributed by atoms with Crippen molar-refractivity contribution in [3.63, 3.8) is 0 Å². The Morgan fingerprint density at radius 3 is 2.53 bits per heavy atom. The summed E-state index contributed by atoms with van der Waals surface area (Å²) in [6.07, 6.45) is 0. The molecule has 8 nitrogen and oxygen atoms in total. The van der Waals surface area contributed by atoms with Crippen molar-refractivity contribution in [2.24, 2.45) is 0 Å². The average molecular weight is 469 g/mol. The van der Waals surface area contributed by atoms with E-state index in [1.807, 2.05) is 0 Å². The second kappa shape index (κ2) is 8.48. The van der Waals surface area contributed by atoms with Gasteiger partial charge in [0.15, 0.2) is 5.11 Å². The molecule has 32 heavy (non-hydrogen) atoms. The quantitative estimate of drug-likeness (QED) is 0.388. The van der Waals surface area contributed by atoms with Crippen LogP contribution in [0.15, 0.2) is 71.6 Å². The number of hydrogen-bond donors (Lipinski definition) is 3. The first-order valence-electron chi connectivity index (χ1n) is 9.56. The van der Waals surface area contributed by atoms with Gasteiger partial charge < -0.3 is 21.1 Å². The number of anilines is 3. The molecule has 1 aliphatic heterocycles. The van der Waals surface area contributed by atoms with Gasteiger partial charge in [-0.05, 0) is 54.2 Å². The van der Waals surface area contributed by atoms with E-state index >= 15 is 0 Å². The van der Waals surface area contributed by atoms with Crippen molar-refractivity contribution in [3.8, 4) is 5.75 Å². The zero-order valence-corrected chi connectivity index (χ0v) is 18.7. The molecule has 0 bridgehead atoms. The van der Waals surface area contributed by atoms with E-state index in [2.05, 4.69) is 10.6 Å². The Bertz CT molecular complexity index is 1310. The van der Waals surface area contributed by atoms with Crippen LogP contribution in [0.4, 0.5) is 17.1 Å². The fraction of sp³-hybridized carbons (Fsp3) is 0.0909. The minimum Gasteiger partial charge on any atom is -0.497 e. The van der Waals surface area contributed by atoms with Gasteiger partial charge in [-0.1, -0.05) is 24.3 Å². The Morgan fingerprint density at radius 1 is 1.12 bits per heavy atom. The van der Waals surface area contributed by atoms with Gasteiger partial charge in [0.25, 0.3) is 15.9 Å². The molecule has 10 heteroatoms. The number of thiocarbonyl (C=S) groups is 1. The van der Waals surface area contributed by atoms with Gasteiger partial charge in [-0.25, -0.2) is 12.7 Å². The highest BCUT2D eigenvalue weighted by Gasteiger charge is 2.34. The van der Waals surface area contributed by atoms with Crippen LogP contribution in [0, 0.1) is 0 Å². The number of para-hydroxylation sites is 2. The first kappa shape index (κ1) is 21.6. The van der Waals surface area contributed by atoms with E-state index < -0.39 is 10.0 Å². The van der Waals surface area contributed by atoms with Crippen molar-refractivity contribution in [2.45, 2.75) is 11.4 Å². The largest absolute Gasteiger partial charge is 0.497 e. The number of fused-ring (bicyclic) bond motifs is 1. The lowest BCUT2D eigenvalue weighted by Crippen LogP contribution is -2.43. The third kappa shape index (κ3) is 4.10. The summed E-state index contributed by atoms with van der Waals surface area (Å²) in [4.78, 5) is 12.6. The number of nitrogens with two attached hydrogens (primary N) is 1. The first-order valence-corrected chi connectivity index (χ1v) is 11.4. The Kier molecular flexibility index (Phi) is 5.72. The number of ether oxygens (including phenoxy) is 1. The molecule has 1 aliphatic rings. The van der Waals surface area contributed by atoms with Gasteiger partial charge >= 0.3 is 0 Å². The van der Waals surface area contributed by atoms with Crippen LogP contribution < -0.4 is 21.1 Å². The molecular weight excluding hydrogens is 448 g/mol. The molecule has 1 heterocycles. The lowest BCUT2D eigenvalue weighted by Gasteiger charge is -2.31. The second-order valence-corrected chi connectivity index (χ2v) is 9.26. The second-order valence-electron chi connectivity index (χ2n) is 7.04. The highest BCUT2D eigenvalue weighted by molar-refractivity contribution is 7.92. The van der Waals surface area contributed by atoms with E-state index in [9.17, 15) is 13.2 Å². The van der Waals surface area contributed by atoms with Crippen molar-refractivity contribution in [1.82, 2.24) is 4.31 Å². The van der Waals surface area contributed by atoms with Gasteiger partial charge in [0.2, 0.25) is 0 Å². The van der Waals surface area contributed by atoms with E-state index in [-0.39, 0.29) is 22.5 Å². The zero-order valence-electron chi connectivity index (χ0n) is 17.0. The zero-order chi connectivity index (χ0) is 22.9. The normalized spacial score (nSPS) is 14.3. The van der Waals surface area contributed by atoms with Gasteiger partial charge in [-0.15, -0.1) is 0 Å². The fourth-order valence-electron chi connectivity index (χ4n) is 3.25. The summed E-state index contributed by atoms with van der Waals surface area (Å²) in [5.74, 6) is 0.203. The van der Waals surface area contributed by atoms with E-state index in [0.29, 0.717) is 33.9 Å². The van der Waals surface area contributed by atoms with Crippen LogP contribution in [0.25, 0.3) is 0 Å². The van der Waals surface area contributed by atoms with Crippen LogP contribution in [0.1, 0.15) is 15.9 Å². The smallest absolute Gasteiger partial charge is 0.268 e. The van der Waals surface area contributed by atoms with Crippen molar-refractivity contribution in [3.05, 3.63) is 77.9 Å². The van der Waals surface area contributed by atoms with Crippen molar-refractivity contribution in [2.75, 3.05) is 23.5 Å². The van der Waals surface area contributed by atoms with Crippen LogP contribution in [0.5, 0.6) is 5.75 Å². The number of nitrogens with one attached hydrogen (secondary N) is 2. The molecule has 4 N–H and O–H groups in total. The predicted octanol–water partition coefficient (Wildman–Crippen LogP) is 3.43. The number of carbonyl (C=O) groups is 1. The van der Waals surface area contributed by atoms with Gasteiger partial charge in [0.1, 0.15) is 10.6 Å². The SMILES string of the molecule is COc1ccc2c(c1)NC(=S)N(Cc1ccc(C(=O)Nc3ccccc3N)cc1)S2(=O)=O. The summed E-state index contributed by atoms with van der Waals surface area (Å²) in [6, 6.07) is 18.2. The topological polar surface area (TPSA) is 114 Å². The molecule has 0 aromatic heterocycles. The van der Waals surface area contributed by atoms with Crippen LogP contribution in [0.3, 0.4) is 0 Å². The molecule has 0 saturated heterocycles. The molecule has 0 spiro atoms. The molecule has 1 amide bonds. The number of sulfonamides is 1. The third-order valence-electron chi connectivity index (χ3n) is 4.97. The highest BCUT2D eigenvalue weighted by Crippen LogP contribution is 2.34. The number of amides is 1. The summed E-state index contributed by atoms with van der Waals surface area (Å²) in [5.41, 5.74) is 8.31. The van der Waals surface area contributed by atoms with Crippen LogP contribution in [-0.4, -0.2) is 30.9 Å². The molecule has 4 rings (SSSR count). The monoisotopic (exact) mass is 468 g/mol. The first-order chi connectivity index (χ1) is 15.3. The van der Waals surface area contributed by atoms with Gasteiger partial charge in [0.05, 0.1) is 30.7 Å². The van der Waals surface area contributed by atoms with E-state index in [4.69, 9.17) is 22.7 Å². The van der Waals surface area contributed by atoms with E-state index in [0.717, 1.165) is 4.31 Å². The Labute approximate surface area is 191 Å². The molecular formula is C22H20N4O4S2. The van der Waals surface area contributed by atoms with Crippen molar-refractivity contribution < 1.29 is 17.9 Å². The maximum Gasteiger partial charge on any atom is 0.268 e. The summed E-state index contributed by atoms with van der Waals surface area (Å²) in [5, 5.41) is 5.76. The Hall–Kier alpha value is -3.63. The minimum absolute atomic E-state index is 0.0210. The summed E-state index contributed by atoms with van der Waals surface area (Å²) >= 11 is 5.30. The Balaban J connectivity index is 1.52. The van der Waals surface area contributed by atoms with Crippen LogP contribution in [0.2, 0.25) is 0 Å². The van der Waals surface area contributed by atoms with Crippen LogP contribution in [-0.2, 0) is 16.6 Å². The molecule has 0 saturated carbocycles. The molecule has 0 fully saturated rings. The highest BCUT2D eigenvalue weighted by atomic mass is 32.2. The molecule has 164 valence electrons. The number of methoxy groups -OCH3 is 1. The number of nitrogen functional groups attached to an aromatic ring is 1. The van der Waals surface area contributed by atoms with Gasteiger partial charge in [-0.3, -0.25) is 4.79 Å². The maximum absolute atomic E-state index is 13.1. The molecule has 0 atom stereocenters. The molecule has 0 unspecified atom stereocenters. The number of hydrogen-bond acceptors (Lipinski definition) is 6. The molecule has 3 aromatic carbocycles. The number of carbonyl (C=O) groups excluding carboxylic acids is 1. The minimum atomic E-state index is -3.85. The molecule has 3 aromatic rings. The predicted molar refractivity (Wildman–Crippen MR) is 127 cm³/mol. The van der Waals surface area contributed by atoms with E-state index in [1.54, 1.807) is 60.7 Å². The van der Waals surface area contributed by atoms with Crippen molar-refractivity contribution in [1.29, 1.82) is 0 Å². The van der Waals surface area contributed by atoms with Crippen LogP contribution >= 0.6 is 12.2 Å². The Morgan fingerprint density at radius 2 is 1.84 bits per heavy atom.